The van der Waals surface area contributed by atoms with E-state index in [0.717, 1.165) is 5.56 Å². The fourth-order valence-corrected chi connectivity index (χ4v) is 4.18. The molecule has 22 heavy (non-hydrogen) atoms. The van der Waals surface area contributed by atoms with Crippen molar-refractivity contribution < 1.29 is 14.2 Å². The summed E-state index contributed by atoms with van der Waals surface area (Å²) in [4.78, 5) is 0. The highest BCUT2D eigenvalue weighted by molar-refractivity contribution is 7.67. The molecule has 2 aromatic rings. The Bertz CT molecular complexity index is 651. The Hall–Kier alpha value is -1.67. The summed E-state index contributed by atoms with van der Waals surface area (Å²) in [6.07, 6.45) is 3.04. The van der Waals surface area contributed by atoms with Crippen LogP contribution in [0.3, 0.4) is 0 Å². The van der Waals surface area contributed by atoms with Gasteiger partial charge in [0.05, 0.1) is 6.10 Å². The number of aliphatic hydroxyl groups is 1. The Morgan fingerprint density at radius 1 is 1.00 bits per heavy atom. The van der Waals surface area contributed by atoms with E-state index in [1.54, 1.807) is 30.3 Å². The molecule has 2 rings (SSSR count). The minimum absolute atomic E-state index is 0.245. The second kappa shape index (κ2) is 7.55. The zero-order chi connectivity index (χ0) is 16.0. The molecule has 0 aromatic heterocycles. The van der Waals surface area contributed by atoms with Gasteiger partial charge in [0, 0.05) is 5.30 Å². The van der Waals surface area contributed by atoms with Gasteiger partial charge in [-0.2, -0.15) is 0 Å². The fourth-order valence-electron chi connectivity index (χ4n) is 2.10. The molecule has 0 saturated carbocycles. The number of hydrogen-bond donors (Lipinski definition) is 1. The van der Waals surface area contributed by atoms with E-state index in [2.05, 4.69) is 0 Å². The average Bonchev–Trinajstić information content (AvgIpc) is 2.53. The van der Waals surface area contributed by atoms with E-state index in [0.29, 0.717) is 5.30 Å². The highest BCUT2D eigenvalue weighted by Gasteiger charge is 2.34. The van der Waals surface area contributed by atoms with Crippen molar-refractivity contribution in [2.24, 2.45) is 0 Å². The normalized spacial score (nSPS) is 15.8. The first-order valence-corrected chi connectivity index (χ1v) is 8.97. The van der Waals surface area contributed by atoms with Crippen molar-refractivity contribution in [3.8, 4) is 0 Å². The Balaban J connectivity index is 2.29. The van der Waals surface area contributed by atoms with E-state index >= 15 is 0 Å². The first-order chi connectivity index (χ1) is 10.5. The van der Waals surface area contributed by atoms with E-state index in [4.69, 9.17) is 4.52 Å². The van der Waals surface area contributed by atoms with Crippen molar-refractivity contribution in [1.29, 1.82) is 0 Å². The van der Waals surface area contributed by atoms with Crippen LogP contribution in [0, 0.1) is 0 Å². The lowest BCUT2D eigenvalue weighted by Crippen LogP contribution is -2.20. The van der Waals surface area contributed by atoms with Crippen molar-refractivity contribution in [3.05, 3.63) is 72.3 Å². The van der Waals surface area contributed by atoms with Gasteiger partial charge in [0.25, 0.3) is 7.37 Å². The lowest BCUT2D eigenvalue weighted by Gasteiger charge is -2.24. The van der Waals surface area contributed by atoms with Gasteiger partial charge in [0.2, 0.25) is 0 Å². The number of aliphatic hydroxyl groups excluding tert-OH is 1. The molecule has 0 saturated heterocycles. The van der Waals surface area contributed by atoms with Crippen molar-refractivity contribution in [3.63, 3.8) is 0 Å². The van der Waals surface area contributed by atoms with Crippen LogP contribution in [-0.4, -0.2) is 17.1 Å². The molecule has 1 N–H and O–H groups in total. The average molecular weight is 316 g/mol. The van der Waals surface area contributed by atoms with Gasteiger partial charge in [-0.25, -0.2) is 0 Å². The van der Waals surface area contributed by atoms with E-state index in [1.807, 2.05) is 50.2 Å². The van der Waals surface area contributed by atoms with Gasteiger partial charge in [-0.05, 0) is 37.6 Å². The Kier molecular flexibility index (Phi) is 5.73. The van der Waals surface area contributed by atoms with Crippen LogP contribution < -0.4 is 5.30 Å². The topological polar surface area (TPSA) is 46.5 Å². The van der Waals surface area contributed by atoms with Crippen molar-refractivity contribution in [2.75, 3.05) is 0 Å². The van der Waals surface area contributed by atoms with Gasteiger partial charge in [-0.15, -0.1) is 0 Å². The molecular weight excluding hydrogens is 295 g/mol. The van der Waals surface area contributed by atoms with Gasteiger partial charge < -0.3 is 9.63 Å². The van der Waals surface area contributed by atoms with Crippen molar-refractivity contribution in [1.82, 2.24) is 0 Å². The molecule has 0 radical (unpaired) electrons. The number of hydrogen-bond acceptors (Lipinski definition) is 3. The minimum atomic E-state index is -3.39. The van der Waals surface area contributed by atoms with Crippen molar-refractivity contribution >= 4 is 18.7 Å². The van der Waals surface area contributed by atoms with Crippen LogP contribution in [0.5, 0.6) is 0 Å². The molecule has 0 amide bonds. The van der Waals surface area contributed by atoms with Crippen LogP contribution in [0.2, 0.25) is 0 Å². The van der Waals surface area contributed by atoms with E-state index in [9.17, 15) is 9.67 Å². The quantitative estimate of drug-likeness (QED) is 0.818. The zero-order valence-corrected chi connectivity index (χ0v) is 13.7. The summed E-state index contributed by atoms with van der Waals surface area (Å²) in [6, 6.07) is 18.4. The molecule has 0 bridgehead atoms. The van der Waals surface area contributed by atoms with Crippen molar-refractivity contribution in [2.45, 2.75) is 25.8 Å². The minimum Gasteiger partial charge on any atom is -0.378 e. The van der Waals surface area contributed by atoms with Crippen LogP contribution >= 0.6 is 7.37 Å². The molecule has 0 aliphatic heterocycles. The molecule has 3 nitrogen and oxygen atoms in total. The maximum absolute atomic E-state index is 13.2. The maximum Gasteiger partial charge on any atom is 0.263 e. The second-order valence-electron chi connectivity index (χ2n) is 5.27. The summed E-state index contributed by atoms with van der Waals surface area (Å²) >= 11 is 0. The smallest absolute Gasteiger partial charge is 0.263 e. The third kappa shape index (κ3) is 4.17. The highest BCUT2D eigenvalue weighted by Crippen LogP contribution is 2.51. The highest BCUT2D eigenvalue weighted by atomic mass is 31.2. The fraction of sp³-hybridized carbons (Fsp3) is 0.222. The third-order valence-electron chi connectivity index (χ3n) is 3.09. The molecule has 2 unspecified atom stereocenters. The van der Waals surface area contributed by atoms with E-state index in [1.165, 1.54) is 6.08 Å². The maximum atomic E-state index is 13.2. The van der Waals surface area contributed by atoms with Crippen LogP contribution in [0.25, 0.3) is 6.08 Å². The first-order valence-electron chi connectivity index (χ1n) is 7.27. The molecule has 4 heteroatoms. The lowest BCUT2D eigenvalue weighted by molar-refractivity contribution is 0.208. The first kappa shape index (κ1) is 16.7. The van der Waals surface area contributed by atoms with Gasteiger partial charge >= 0.3 is 0 Å². The molecule has 0 aliphatic carbocycles. The zero-order valence-electron chi connectivity index (χ0n) is 12.8. The summed E-state index contributed by atoms with van der Waals surface area (Å²) in [7, 11) is -3.39. The molecule has 116 valence electrons. The SMILES string of the molecule is CC(C)OP(=O)(c1ccccc1)C(O)/C=C/c1ccccc1. The Morgan fingerprint density at radius 3 is 2.09 bits per heavy atom. The van der Waals surface area contributed by atoms with Gasteiger partial charge in [0.15, 0.2) is 5.85 Å². The monoisotopic (exact) mass is 316 g/mol. The molecule has 0 fully saturated rings. The summed E-state index contributed by atoms with van der Waals surface area (Å²) in [5.41, 5.74) is 0.936. The Morgan fingerprint density at radius 2 is 1.55 bits per heavy atom. The third-order valence-corrected chi connectivity index (χ3v) is 5.71. The summed E-state index contributed by atoms with van der Waals surface area (Å²) in [6.45, 7) is 3.62. The summed E-state index contributed by atoms with van der Waals surface area (Å²) < 4.78 is 18.9. The summed E-state index contributed by atoms with van der Waals surface area (Å²) in [5.74, 6) is -1.18. The predicted octanol–water partition coefficient (Wildman–Crippen LogP) is 4.05. The summed E-state index contributed by atoms with van der Waals surface area (Å²) in [5, 5.41) is 11.0. The van der Waals surface area contributed by atoms with Crippen LogP contribution in [0.1, 0.15) is 19.4 Å². The molecule has 0 heterocycles. The number of rotatable bonds is 6. The molecule has 2 atom stereocenters. The van der Waals surface area contributed by atoms with Gasteiger partial charge in [-0.1, -0.05) is 54.6 Å². The molecule has 0 spiro atoms. The molecular formula is C18H21O3P. The second-order valence-corrected chi connectivity index (χ2v) is 7.72. The van der Waals surface area contributed by atoms with Gasteiger partial charge in [0.1, 0.15) is 0 Å². The molecule has 0 aliphatic rings. The largest absolute Gasteiger partial charge is 0.378 e. The lowest BCUT2D eigenvalue weighted by atomic mass is 10.2. The Labute approximate surface area is 131 Å². The standard InChI is InChI=1S/C18H21O3P/c1-15(2)21-22(20,17-11-7-4-8-12-17)18(19)14-13-16-9-5-3-6-10-16/h3-15,18-19H,1-2H3/b14-13+. The van der Waals surface area contributed by atoms with E-state index < -0.39 is 13.2 Å². The predicted molar refractivity (Wildman–Crippen MR) is 91.4 cm³/mol. The van der Waals surface area contributed by atoms with E-state index in [-0.39, 0.29) is 6.10 Å². The molecule has 2 aromatic carbocycles. The van der Waals surface area contributed by atoms with Crippen LogP contribution in [0.15, 0.2) is 66.7 Å². The van der Waals surface area contributed by atoms with Crippen LogP contribution in [0.4, 0.5) is 0 Å². The van der Waals surface area contributed by atoms with Gasteiger partial charge in [-0.3, -0.25) is 4.57 Å². The number of benzene rings is 2. The van der Waals surface area contributed by atoms with Crippen LogP contribution in [-0.2, 0) is 9.09 Å².